The van der Waals surface area contributed by atoms with Gasteiger partial charge in [0.1, 0.15) is 5.57 Å². The molecule has 3 aliphatic heterocycles. The number of carbonyl (C=O) groups excluding carboxylic acids is 2. The zero-order valence-electron chi connectivity index (χ0n) is 18.6. The van der Waals surface area contributed by atoms with Gasteiger partial charge < -0.3 is 4.90 Å². The Morgan fingerprint density at radius 1 is 0.968 bits per heavy atom. The zero-order chi connectivity index (χ0) is 22.5. The number of nitrogens with zero attached hydrogens (tertiary/aromatic N) is 3. The van der Waals surface area contributed by atoms with Crippen LogP contribution in [0.15, 0.2) is 71.1 Å². The minimum atomic E-state index is -0.340. The summed E-state index contributed by atoms with van der Waals surface area (Å²) in [4.78, 5) is 31.1. The first-order valence-electron chi connectivity index (χ1n) is 10.6. The molecular weight excluding hydrogens is 406 g/mol. The number of para-hydroxylation sites is 1. The average Bonchev–Trinajstić information content (AvgIpc) is 2.99. The molecule has 3 heterocycles. The van der Waals surface area contributed by atoms with Crippen molar-refractivity contribution >= 4 is 34.8 Å². The van der Waals surface area contributed by atoms with Crippen LogP contribution in [0.25, 0.3) is 0 Å². The van der Waals surface area contributed by atoms with Gasteiger partial charge in [-0.1, -0.05) is 38.1 Å². The minimum absolute atomic E-state index is 0.137. The zero-order valence-corrected chi connectivity index (χ0v) is 19.4. The van der Waals surface area contributed by atoms with Crippen molar-refractivity contribution in [3.63, 3.8) is 0 Å². The average molecular weight is 434 g/mol. The first kappa shape index (κ1) is 21.2. The molecule has 4 rings (SSSR count). The van der Waals surface area contributed by atoms with Crippen LogP contribution in [-0.4, -0.2) is 39.8 Å². The van der Waals surface area contributed by atoms with E-state index in [1.165, 1.54) is 26.6 Å². The summed E-state index contributed by atoms with van der Waals surface area (Å²) in [7, 11) is 0. The summed E-state index contributed by atoms with van der Waals surface area (Å²) >= 11 is 5.35. The van der Waals surface area contributed by atoms with Crippen LogP contribution in [-0.2, 0) is 15.0 Å². The number of anilines is 1. The highest BCUT2D eigenvalue weighted by Crippen LogP contribution is 2.51. The molecule has 1 saturated heterocycles. The highest BCUT2D eigenvalue weighted by Gasteiger charge is 2.43. The van der Waals surface area contributed by atoms with E-state index in [4.69, 9.17) is 12.2 Å². The quantitative estimate of drug-likeness (QED) is 0.402. The van der Waals surface area contributed by atoms with E-state index in [1.54, 1.807) is 6.08 Å². The van der Waals surface area contributed by atoms with Gasteiger partial charge in [-0.25, -0.2) is 0 Å². The summed E-state index contributed by atoms with van der Waals surface area (Å²) in [5.74, 6) is -0.680. The topological polar surface area (TPSA) is 43.9 Å². The number of rotatable bonds is 3. The van der Waals surface area contributed by atoms with Crippen molar-refractivity contribution in [3.8, 4) is 0 Å². The van der Waals surface area contributed by atoms with E-state index in [9.17, 15) is 9.59 Å². The number of benzene rings is 1. The van der Waals surface area contributed by atoms with E-state index in [1.807, 2.05) is 32.1 Å². The lowest BCUT2D eigenvalue weighted by molar-refractivity contribution is -0.133. The molecule has 5 nitrogen and oxygen atoms in total. The molecule has 2 amide bonds. The molecule has 0 unspecified atom stereocenters. The third-order valence-corrected chi connectivity index (χ3v) is 6.68. The summed E-state index contributed by atoms with van der Waals surface area (Å²) in [6, 6.07) is 8.38. The van der Waals surface area contributed by atoms with Crippen LogP contribution in [0.1, 0.15) is 40.2 Å². The lowest BCUT2D eigenvalue weighted by atomic mass is 9.81. The number of amides is 2. The van der Waals surface area contributed by atoms with Crippen molar-refractivity contribution in [1.82, 2.24) is 9.80 Å². The van der Waals surface area contributed by atoms with Gasteiger partial charge in [-0.15, -0.1) is 0 Å². The Labute approximate surface area is 189 Å². The third-order valence-electron chi connectivity index (χ3n) is 6.24. The lowest BCUT2D eigenvalue weighted by Gasteiger charge is -2.35. The summed E-state index contributed by atoms with van der Waals surface area (Å²) < 4.78 is 0. The van der Waals surface area contributed by atoms with Gasteiger partial charge >= 0.3 is 0 Å². The van der Waals surface area contributed by atoms with E-state index < -0.39 is 0 Å². The van der Waals surface area contributed by atoms with Crippen molar-refractivity contribution in [3.05, 3.63) is 76.7 Å². The van der Waals surface area contributed by atoms with Crippen LogP contribution >= 0.6 is 12.2 Å². The Morgan fingerprint density at radius 2 is 1.58 bits per heavy atom. The van der Waals surface area contributed by atoms with Gasteiger partial charge in [0.05, 0.1) is 0 Å². The Hall–Kier alpha value is -2.99. The van der Waals surface area contributed by atoms with E-state index >= 15 is 0 Å². The van der Waals surface area contributed by atoms with Crippen LogP contribution in [0.3, 0.4) is 0 Å². The number of hydrogen-bond donors (Lipinski definition) is 0. The molecule has 0 spiro atoms. The van der Waals surface area contributed by atoms with E-state index in [0.717, 1.165) is 11.4 Å². The maximum Gasteiger partial charge on any atom is 0.265 e. The first-order chi connectivity index (χ1) is 14.7. The number of likely N-dealkylation sites (N-methyl/N-ethyl adjacent to an activating group) is 2. The molecule has 1 fully saturated rings. The number of thiocarbonyl (C=S) groups is 1. The monoisotopic (exact) mass is 433 g/mol. The number of fused-ring (bicyclic) bond motifs is 3. The molecule has 160 valence electrons. The fourth-order valence-corrected chi connectivity index (χ4v) is 5.15. The Bertz CT molecular complexity index is 1100. The standard InChI is InChI=1S/C25H27N3O2S/c1-6-26-22(29)18(23(30)27(7-2)24(26)31)15-14-17-13-12-16(3)21-25(4,5)19-10-8-9-11-20(19)28(17)21/h8-15H,6-7H2,1-5H3/b17-14+. The number of hydrogen-bond acceptors (Lipinski definition) is 4. The highest BCUT2D eigenvalue weighted by molar-refractivity contribution is 7.80. The van der Waals surface area contributed by atoms with E-state index in [0.29, 0.717) is 13.1 Å². The minimum Gasteiger partial charge on any atom is -0.313 e. The second-order valence-corrected chi connectivity index (χ2v) is 8.76. The second-order valence-electron chi connectivity index (χ2n) is 8.40. The molecule has 1 aromatic rings. The molecule has 0 aliphatic carbocycles. The van der Waals surface area contributed by atoms with Crippen LogP contribution in [0, 0.1) is 0 Å². The third kappa shape index (κ3) is 3.08. The maximum atomic E-state index is 12.9. The highest BCUT2D eigenvalue weighted by atomic mass is 32.1. The van der Waals surface area contributed by atoms with Crippen LogP contribution in [0.5, 0.6) is 0 Å². The van der Waals surface area contributed by atoms with Gasteiger partial charge in [0.25, 0.3) is 11.8 Å². The lowest BCUT2D eigenvalue weighted by Crippen LogP contribution is -2.55. The van der Waals surface area contributed by atoms with Gasteiger partial charge in [0.2, 0.25) is 0 Å². The van der Waals surface area contributed by atoms with Crippen LogP contribution < -0.4 is 4.90 Å². The summed E-state index contributed by atoms with van der Waals surface area (Å²) in [5, 5.41) is 0.276. The maximum absolute atomic E-state index is 12.9. The molecule has 31 heavy (non-hydrogen) atoms. The Kier molecular flexibility index (Phi) is 5.21. The van der Waals surface area contributed by atoms with Crippen molar-refractivity contribution < 1.29 is 9.59 Å². The molecule has 0 atom stereocenters. The fourth-order valence-electron chi connectivity index (χ4n) is 4.73. The smallest absolute Gasteiger partial charge is 0.265 e. The molecule has 0 radical (unpaired) electrons. The van der Waals surface area contributed by atoms with Crippen molar-refractivity contribution in [2.75, 3.05) is 18.0 Å². The number of carbonyl (C=O) groups is 2. The molecule has 1 aromatic carbocycles. The second kappa shape index (κ2) is 7.61. The normalized spacial score (nSPS) is 21.3. The predicted octanol–water partition coefficient (Wildman–Crippen LogP) is 4.43. The molecule has 0 saturated carbocycles. The molecule has 0 N–H and O–H groups in total. The van der Waals surface area contributed by atoms with Crippen LogP contribution in [0.4, 0.5) is 5.69 Å². The van der Waals surface area contributed by atoms with E-state index in [2.05, 4.69) is 49.9 Å². The van der Waals surface area contributed by atoms with Crippen molar-refractivity contribution in [2.24, 2.45) is 0 Å². The molecule has 0 aromatic heterocycles. The Morgan fingerprint density at radius 3 is 2.19 bits per heavy atom. The number of allylic oxidation sites excluding steroid dienone is 6. The van der Waals surface area contributed by atoms with Crippen LogP contribution in [0.2, 0.25) is 0 Å². The summed E-state index contributed by atoms with van der Waals surface area (Å²) in [6.07, 6.45) is 7.64. The van der Waals surface area contributed by atoms with Gasteiger partial charge in [-0.2, -0.15) is 0 Å². The Balaban J connectivity index is 1.81. The summed E-state index contributed by atoms with van der Waals surface area (Å²) in [6.45, 7) is 11.1. The molecule has 0 bridgehead atoms. The molecule has 6 heteroatoms. The van der Waals surface area contributed by atoms with Crippen molar-refractivity contribution in [1.29, 1.82) is 0 Å². The van der Waals surface area contributed by atoms with Gasteiger partial charge in [-0.3, -0.25) is 19.4 Å². The van der Waals surface area contributed by atoms with Gasteiger partial charge in [-0.05, 0) is 68.4 Å². The first-order valence-corrected chi connectivity index (χ1v) is 11.0. The largest absolute Gasteiger partial charge is 0.313 e. The SMILES string of the molecule is CCN1C(=O)C(=C/C=C2\C=CC(C)=C3N2c2ccccc2C3(C)C)C(=O)N(CC)C1=S. The fraction of sp³-hybridized carbons (Fsp3) is 0.320. The van der Waals surface area contributed by atoms with E-state index in [-0.39, 0.29) is 27.9 Å². The molecule has 3 aliphatic rings. The van der Waals surface area contributed by atoms with Crippen molar-refractivity contribution in [2.45, 2.75) is 40.0 Å². The predicted molar refractivity (Wildman–Crippen MR) is 127 cm³/mol. The van der Waals surface area contributed by atoms with Gasteiger partial charge in [0, 0.05) is 35.6 Å². The molecular formula is C25H27N3O2S. The summed E-state index contributed by atoms with van der Waals surface area (Å²) in [5.41, 5.74) is 5.73. The van der Waals surface area contributed by atoms with Gasteiger partial charge in [0.15, 0.2) is 5.11 Å².